The summed E-state index contributed by atoms with van der Waals surface area (Å²) in [6.45, 7) is 2.94. The molecule has 5 nitrogen and oxygen atoms in total. The molecule has 122 valence electrons. The van der Waals surface area contributed by atoms with Gasteiger partial charge >= 0.3 is 0 Å². The van der Waals surface area contributed by atoms with Crippen molar-refractivity contribution in [3.05, 3.63) is 35.4 Å². The van der Waals surface area contributed by atoms with Gasteiger partial charge in [0.15, 0.2) is 0 Å². The number of hydrogen-bond acceptors (Lipinski definition) is 3. The number of carbonyl (C=O) groups excluding carboxylic acids is 2. The van der Waals surface area contributed by atoms with Crippen molar-refractivity contribution in [2.45, 2.75) is 19.4 Å². The van der Waals surface area contributed by atoms with Gasteiger partial charge in [0.1, 0.15) is 0 Å². The van der Waals surface area contributed by atoms with Crippen molar-refractivity contribution in [3.63, 3.8) is 0 Å². The van der Waals surface area contributed by atoms with Crippen molar-refractivity contribution in [1.29, 1.82) is 0 Å². The monoisotopic (exact) mass is 325 g/mol. The highest BCUT2D eigenvalue weighted by Gasteiger charge is 2.20. The number of likely N-dealkylation sites (N-methyl/N-ethyl adjacent to an activating group) is 2. The van der Waals surface area contributed by atoms with Gasteiger partial charge in [-0.05, 0) is 31.2 Å². The summed E-state index contributed by atoms with van der Waals surface area (Å²) >= 11 is 0. The minimum absolute atomic E-state index is 0. The maximum Gasteiger partial charge on any atom is 0.253 e. The Morgan fingerprint density at radius 1 is 1.32 bits per heavy atom. The molecule has 1 N–H and O–H groups in total. The van der Waals surface area contributed by atoms with Crippen molar-refractivity contribution in [1.82, 2.24) is 15.1 Å². The van der Waals surface area contributed by atoms with E-state index in [2.05, 4.69) is 5.32 Å². The number of likely N-dealkylation sites (tertiary alicyclic amines) is 1. The molecule has 0 unspecified atom stereocenters. The van der Waals surface area contributed by atoms with Crippen LogP contribution in [0.5, 0.6) is 0 Å². The van der Waals surface area contributed by atoms with Gasteiger partial charge in [-0.3, -0.25) is 9.59 Å². The molecule has 0 saturated carbocycles. The van der Waals surface area contributed by atoms with Gasteiger partial charge in [-0.1, -0.05) is 12.1 Å². The zero-order valence-electron chi connectivity index (χ0n) is 13.2. The van der Waals surface area contributed by atoms with Crippen LogP contribution in [-0.2, 0) is 11.3 Å². The number of benzene rings is 1. The zero-order chi connectivity index (χ0) is 15.2. The van der Waals surface area contributed by atoms with E-state index in [1.54, 1.807) is 11.9 Å². The van der Waals surface area contributed by atoms with Gasteiger partial charge in [-0.25, -0.2) is 0 Å². The highest BCUT2D eigenvalue weighted by molar-refractivity contribution is 5.94. The Balaban J connectivity index is 0.00000242. The van der Waals surface area contributed by atoms with E-state index in [9.17, 15) is 9.59 Å². The number of hydrogen-bond donors (Lipinski definition) is 1. The smallest absolute Gasteiger partial charge is 0.253 e. The van der Waals surface area contributed by atoms with E-state index in [0.29, 0.717) is 25.1 Å². The molecule has 1 aliphatic rings. The minimum atomic E-state index is 0. The Kier molecular flexibility index (Phi) is 7.35. The fourth-order valence-electron chi connectivity index (χ4n) is 2.45. The fourth-order valence-corrected chi connectivity index (χ4v) is 2.45. The van der Waals surface area contributed by atoms with E-state index >= 15 is 0 Å². The molecule has 22 heavy (non-hydrogen) atoms. The molecular formula is C16H24ClN3O2. The van der Waals surface area contributed by atoms with Crippen molar-refractivity contribution in [3.8, 4) is 0 Å². The molecule has 6 heteroatoms. The molecule has 0 bridgehead atoms. The van der Waals surface area contributed by atoms with Gasteiger partial charge in [0.2, 0.25) is 5.91 Å². The predicted octanol–water partition coefficient (Wildman–Crippen LogP) is 1.52. The summed E-state index contributed by atoms with van der Waals surface area (Å²) in [5.74, 6) is 0.246. The molecule has 0 aliphatic carbocycles. The van der Waals surface area contributed by atoms with Gasteiger partial charge < -0.3 is 15.1 Å². The second kappa shape index (κ2) is 8.76. The Labute approximate surface area is 138 Å². The summed E-state index contributed by atoms with van der Waals surface area (Å²) in [4.78, 5) is 27.4. The van der Waals surface area contributed by atoms with Crippen LogP contribution in [0, 0.1) is 0 Å². The standard InChI is InChI=1S/C16H23N3O2.ClH/c1-17-9-11-18(2)16(21)14-7-5-13(6-8-14)12-19-10-3-4-15(19)20;/h5-8,17H,3-4,9-12H2,1-2H3;1H. The highest BCUT2D eigenvalue weighted by atomic mass is 35.5. The van der Waals surface area contributed by atoms with E-state index in [1.807, 2.05) is 36.2 Å². The summed E-state index contributed by atoms with van der Waals surface area (Å²) in [6.07, 6.45) is 1.61. The van der Waals surface area contributed by atoms with Crippen LogP contribution in [0.3, 0.4) is 0 Å². The first-order valence-corrected chi connectivity index (χ1v) is 7.38. The average molecular weight is 326 g/mol. The summed E-state index contributed by atoms with van der Waals surface area (Å²) in [7, 11) is 3.67. The van der Waals surface area contributed by atoms with E-state index < -0.39 is 0 Å². The van der Waals surface area contributed by atoms with E-state index in [-0.39, 0.29) is 24.2 Å². The highest BCUT2D eigenvalue weighted by Crippen LogP contribution is 2.15. The molecule has 2 amide bonds. The quantitative estimate of drug-likeness (QED) is 0.863. The Morgan fingerprint density at radius 3 is 2.55 bits per heavy atom. The Morgan fingerprint density at radius 2 is 2.00 bits per heavy atom. The van der Waals surface area contributed by atoms with Gasteiger partial charge in [0, 0.05) is 45.2 Å². The second-order valence-electron chi connectivity index (χ2n) is 5.45. The summed E-state index contributed by atoms with van der Waals surface area (Å²) in [5, 5.41) is 3.03. The first-order chi connectivity index (χ1) is 10.1. The lowest BCUT2D eigenvalue weighted by Gasteiger charge is -2.18. The lowest BCUT2D eigenvalue weighted by Crippen LogP contribution is -2.32. The van der Waals surface area contributed by atoms with Crippen LogP contribution < -0.4 is 5.32 Å². The molecular weight excluding hydrogens is 302 g/mol. The molecule has 1 saturated heterocycles. The van der Waals surface area contributed by atoms with Crippen LogP contribution in [-0.4, -0.2) is 55.3 Å². The molecule has 0 radical (unpaired) electrons. The largest absolute Gasteiger partial charge is 0.340 e. The van der Waals surface area contributed by atoms with Crippen LogP contribution in [0.1, 0.15) is 28.8 Å². The van der Waals surface area contributed by atoms with E-state index in [4.69, 9.17) is 0 Å². The lowest BCUT2D eigenvalue weighted by atomic mass is 10.1. The zero-order valence-corrected chi connectivity index (χ0v) is 14.0. The first-order valence-electron chi connectivity index (χ1n) is 7.38. The van der Waals surface area contributed by atoms with Crippen LogP contribution >= 0.6 is 12.4 Å². The third-order valence-electron chi connectivity index (χ3n) is 3.79. The van der Waals surface area contributed by atoms with Gasteiger partial charge in [0.05, 0.1) is 0 Å². The summed E-state index contributed by atoms with van der Waals surface area (Å²) < 4.78 is 0. The van der Waals surface area contributed by atoms with Crippen molar-refractivity contribution < 1.29 is 9.59 Å². The predicted molar refractivity (Wildman–Crippen MR) is 89.2 cm³/mol. The maximum absolute atomic E-state index is 12.2. The van der Waals surface area contributed by atoms with E-state index in [0.717, 1.165) is 25.1 Å². The van der Waals surface area contributed by atoms with Crippen molar-refractivity contribution in [2.24, 2.45) is 0 Å². The Bertz CT molecular complexity index is 505. The number of amides is 2. The van der Waals surface area contributed by atoms with Gasteiger partial charge in [-0.2, -0.15) is 0 Å². The number of carbonyl (C=O) groups is 2. The van der Waals surface area contributed by atoms with Gasteiger partial charge in [-0.15, -0.1) is 12.4 Å². The number of rotatable bonds is 6. The average Bonchev–Trinajstić information content (AvgIpc) is 2.90. The van der Waals surface area contributed by atoms with Crippen LogP contribution in [0.15, 0.2) is 24.3 Å². The number of nitrogens with zero attached hydrogens (tertiary/aromatic N) is 2. The van der Waals surface area contributed by atoms with Crippen LogP contribution in [0.4, 0.5) is 0 Å². The molecule has 1 aromatic rings. The maximum atomic E-state index is 12.2. The molecule has 2 rings (SSSR count). The lowest BCUT2D eigenvalue weighted by molar-refractivity contribution is -0.128. The molecule has 0 aromatic heterocycles. The third kappa shape index (κ3) is 4.71. The second-order valence-corrected chi connectivity index (χ2v) is 5.45. The SMILES string of the molecule is CNCCN(C)C(=O)c1ccc(CN2CCCC2=O)cc1.Cl. The molecule has 1 aromatic carbocycles. The summed E-state index contributed by atoms with van der Waals surface area (Å²) in [6, 6.07) is 7.55. The van der Waals surface area contributed by atoms with Crippen molar-refractivity contribution >= 4 is 24.2 Å². The minimum Gasteiger partial charge on any atom is -0.340 e. The number of nitrogens with one attached hydrogen (secondary N) is 1. The Hall–Kier alpha value is -1.59. The molecule has 0 atom stereocenters. The first kappa shape index (κ1) is 18.5. The van der Waals surface area contributed by atoms with Gasteiger partial charge in [0.25, 0.3) is 5.91 Å². The van der Waals surface area contributed by atoms with Crippen molar-refractivity contribution in [2.75, 3.05) is 33.7 Å². The van der Waals surface area contributed by atoms with Crippen LogP contribution in [0.25, 0.3) is 0 Å². The van der Waals surface area contributed by atoms with Crippen LogP contribution in [0.2, 0.25) is 0 Å². The third-order valence-corrected chi connectivity index (χ3v) is 3.79. The summed E-state index contributed by atoms with van der Waals surface area (Å²) in [5.41, 5.74) is 1.75. The number of halogens is 1. The molecule has 0 spiro atoms. The van der Waals surface area contributed by atoms with E-state index in [1.165, 1.54) is 0 Å². The topological polar surface area (TPSA) is 52.7 Å². The molecule has 1 fully saturated rings. The fraction of sp³-hybridized carbons (Fsp3) is 0.500. The normalized spacial score (nSPS) is 13.9. The molecule has 1 aliphatic heterocycles. The molecule has 1 heterocycles.